The molecule has 0 aliphatic carbocycles. The van der Waals surface area contributed by atoms with Gasteiger partial charge >= 0.3 is 0 Å². The van der Waals surface area contributed by atoms with E-state index in [-0.39, 0.29) is 18.9 Å². The van der Waals surface area contributed by atoms with Gasteiger partial charge < -0.3 is 10.2 Å². The number of sulfonamides is 1. The summed E-state index contributed by atoms with van der Waals surface area (Å²) >= 11 is 6.48. The van der Waals surface area contributed by atoms with Crippen LogP contribution in [-0.2, 0) is 32.6 Å². The lowest BCUT2D eigenvalue weighted by atomic mass is 10.0. The number of hydrogen-bond acceptors (Lipinski definition) is 4. The van der Waals surface area contributed by atoms with Crippen molar-refractivity contribution in [3.05, 3.63) is 100 Å². The first kappa shape index (κ1) is 31.2. The molecule has 0 bridgehead atoms. The Bertz CT molecular complexity index is 1410. The van der Waals surface area contributed by atoms with Crippen LogP contribution in [0.25, 0.3) is 0 Å². The SMILES string of the molecule is CCCCNC(=O)C(Cc1ccccc1)N(Cc1ccccc1Cl)C(=O)CN(c1ccc(C)cc1C)S(C)(=O)=O. The van der Waals surface area contributed by atoms with Gasteiger partial charge in [-0.05, 0) is 49.1 Å². The zero-order valence-electron chi connectivity index (χ0n) is 23.6. The minimum Gasteiger partial charge on any atom is -0.354 e. The molecule has 3 aromatic carbocycles. The molecule has 3 rings (SSSR count). The number of nitrogens with one attached hydrogen (secondary N) is 1. The van der Waals surface area contributed by atoms with Crippen LogP contribution in [0.4, 0.5) is 5.69 Å². The highest BCUT2D eigenvalue weighted by Gasteiger charge is 2.33. The summed E-state index contributed by atoms with van der Waals surface area (Å²) in [5, 5.41) is 3.43. The van der Waals surface area contributed by atoms with Crippen molar-refractivity contribution in [2.45, 2.75) is 52.6 Å². The molecule has 40 heavy (non-hydrogen) atoms. The number of unbranched alkanes of at least 4 members (excludes halogenated alkanes) is 1. The third-order valence-electron chi connectivity index (χ3n) is 6.70. The number of nitrogens with zero attached hydrogens (tertiary/aromatic N) is 2. The predicted molar refractivity (Wildman–Crippen MR) is 162 cm³/mol. The van der Waals surface area contributed by atoms with Gasteiger partial charge in [0.1, 0.15) is 12.6 Å². The highest BCUT2D eigenvalue weighted by atomic mass is 35.5. The Balaban J connectivity index is 2.06. The molecule has 9 heteroatoms. The van der Waals surface area contributed by atoms with Gasteiger partial charge in [0.2, 0.25) is 21.8 Å². The van der Waals surface area contributed by atoms with E-state index in [9.17, 15) is 18.0 Å². The van der Waals surface area contributed by atoms with Crippen molar-refractivity contribution in [1.82, 2.24) is 10.2 Å². The van der Waals surface area contributed by atoms with Crippen molar-refractivity contribution in [2.24, 2.45) is 0 Å². The number of amides is 2. The van der Waals surface area contributed by atoms with Crippen LogP contribution in [0.2, 0.25) is 5.02 Å². The van der Waals surface area contributed by atoms with Gasteiger partial charge in [-0.2, -0.15) is 0 Å². The van der Waals surface area contributed by atoms with Gasteiger partial charge in [0.05, 0.1) is 11.9 Å². The molecule has 0 heterocycles. The first-order valence-corrected chi connectivity index (χ1v) is 15.6. The summed E-state index contributed by atoms with van der Waals surface area (Å²) in [5.74, 6) is -0.799. The summed E-state index contributed by atoms with van der Waals surface area (Å²) in [4.78, 5) is 29.2. The molecule has 0 aliphatic heterocycles. The Morgan fingerprint density at radius 2 is 1.65 bits per heavy atom. The second-order valence-corrected chi connectivity index (χ2v) is 12.3. The lowest BCUT2D eigenvalue weighted by Gasteiger charge is -2.34. The van der Waals surface area contributed by atoms with Crippen molar-refractivity contribution in [3.8, 4) is 0 Å². The van der Waals surface area contributed by atoms with Gasteiger partial charge in [0.25, 0.3) is 0 Å². The number of rotatable bonds is 13. The lowest BCUT2D eigenvalue weighted by molar-refractivity contribution is -0.140. The molecular formula is C31H38ClN3O4S. The molecule has 7 nitrogen and oxygen atoms in total. The molecule has 214 valence electrons. The Labute approximate surface area is 243 Å². The van der Waals surface area contributed by atoms with Gasteiger partial charge in [-0.25, -0.2) is 8.42 Å². The number of aryl methyl sites for hydroxylation is 2. The molecule has 0 fully saturated rings. The number of benzene rings is 3. The van der Waals surface area contributed by atoms with Gasteiger partial charge in [0.15, 0.2) is 0 Å². The summed E-state index contributed by atoms with van der Waals surface area (Å²) < 4.78 is 27.0. The molecule has 0 aromatic heterocycles. The number of halogens is 1. The predicted octanol–water partition coefficient (Wildman–Crippen LogP) is 5.28. The van der Waals surface area contributed by atoms with Crippen molar-refractivity contribution < 1.29 is 18.0 Å². The Morgan fingerprint density at radius 1 is 0.975 bits per heavy atom. The van der Waals surface area contributed by atoms with Gasteiger partial charge in [0, 0.05) is 24.5 Å². The van der Waals surface area contributed by atoms with Crippen LogP contribution in [0.3, 0.4) is 0 Å². The van der Waals surface area contributed by atoms with Crippen LogP contribution in [0.1, 0.15) is 42.0 Å². The van der Waals surface area contributed by atoms with Crippen LogP contribution in [0.5, 0.6) is 0 Å². The van der Waals surface area contributed by atoms with Crippen LogP contribution in [-0.4, -0.2) is 50.5 Å². The van der Waals surface area contributed by atoms with E-state index in [1.54, 1.807) is 24.3 Å². The third-order valence-corrected chi connectivity index (χ3v) is 8.19. The topological polar surface area (TPSA) is 86.8 Å². The van der Waals surface area contributed by atoms with E-state index >= 15 is 0 Å². The van der Waals surface area contributed by atoms with E-state index in [4.69, 9.17) is 11.6 Å². The normalized spacial score (nSPS) is 12.0. The van der Waals surface area contributed by atoms with Gasteiger partial charge in [-0.3, -0.25) is 13.9 Å². The second-order valence-electron chi connectivity index (χ2n) is 10.0. The van der Waals surface area contributed by atoms with E-state index in [0.29, 0.717) is 22.8 Å². The fourth-order valence-corrected chi connectivity index (χ4v) is 5.65. The fraction of sp³-hybridized carbons (Fsp3) is 0.355. The average Bonchev–Trinajstić information content (AvgIpc) is 2.90. The third kappa shape index (κ3) is 8.57. The van der Waals surface area contributed by atoms with Crippen molar-refractivity contribution in [3.63, 3.8) is 0 Å². The highest BCUT2D eigenvalue weighted by Crippen LogP contribution is 2.25. The zero-order chi connectivity index (χ0) is 29.3. The van der Waals surface area contributed by atoms with Gasteiger partial charge in [-0.1, -0.05) is 91.2 Å². The molecule has 3 aromatic rings. The highest BCUT2D eigenvalue weighted by molar-refractivity contribution is 7.92. The minimum absolute atomic E-state index is 0.0433. The molecule has 1 N–H and O–H groups in total. The number of anilines is 1. The summed E-state index contributed by atoms with van der Waals surface area (Å²) in [7, 11) is -3.83. The van der Waals surface area contributed by atoms with Gasteiger partial charge in [-0.15, -0.1) is 0 Å². The first-order chi connectivity index (χ1) is 19.0. The molecule has 1 unspecified atom stereocenters. The lowest BCUT2D eigenvalue weighted by Crippen LogP contribution is -2.53. The molecule has 0 saturated heterocycles. The largest absolute Gasteiger partial charge is 0.354 e. The summed E-state index contributed by atoms with van der Waals surface area (Å²) in [6.45, 7) is 5.83. The zero-order valence-corrected chi connectivity index (χ0v) is 25.1. The quantitative estimate of drug-likeness (QED) is 0.277. The van der Waals surface area contributed by atoms with Crippen LogP contribution in [0.15, 0.2) is 72.8 Å². The van der Waals surface area contributed by atoms with Crippen LogP contribution >= 0.6 is 11.6 Å². The van der Waals surface area contributed by atoms with E-state index in [1.165, 1.54) is 4.90 Å². The number of carbonyl (C=O) groups is 2. The van der Waals surface area contributed by atoms with E-state index in [1.807, 2.05) is 69.3 Å². The van der Waals surface area contributed by atoms with Crippen molar-refractivity contribution >= 4 is 39.1 Å². The Kier molecular flexibility index (Phi) is 11.2. The fourth-order valence-electron chi connectivity index (χ4n) is 4.55. The second kappa shape index (κ2) is 14.3. The Hall–Kier alpha value is -3.36. The van der Waals surface area contributed by atoms with E-state index < -0.39 is 28.5 Å². The van der Waals surface area contributed by atoms with Crippen LogP contribution < -0.4 is 9.62 Å². The van der Waals surface area contributed by atoms with Crippen molar-refractivity contribution in [2.75, 3.05) is 23.7 Å². The Morgan fingerprint density at radius 3 is 2.27 bits per heavy atom. The summed E-state index contributed by atoms with van der Waals surface area (Å²) in [6, 6.07) is 21.1. The standard InChI is InChI=1S/C31H38ClN3O4S/c1-5-6-18-33-31(37)29(20-25-12-8-7-9-13-25)34(21-26-14-10-11-15-27(26)32)30(36)22-35(40(4,38)39)28-17-16-23(2)19-24(28)3/h7-17,19,29H,5-6,18,20-22H2,1-4H3,(H,33,37). The molecular weight excluding hydrogens is 546 g/mol. The summed E-state index contributed by atoms with van der Waals surface area (Å²) in [5.41, 5.74) is 3.67. The maximum Gasteiger partial charge on any atom is 0.244 e. The number of carbonyl (C=O) groups excluding carboxylic acids is 2. The van der Waals surface area contributed by atoms with E-state index in [0.717, 1.165) is 40.1 Å². The molecule has 0 aliphatic rings. The smallest absolute Gasteiger partial charge is 0.244 e. The maximum atomic E-state index is 14.1. The molecule has 1 atom stereocenters. The van der Waals surface area contributed by atoms with E-state index in [2.05, 4.69) is 5.32 Å². The molecule has 0 spiro atoms. The van der Waals surface area contributed by atoms with Crippen LogP contribution in [0, 0.1) is 13.8 Å². The molecule has 0 saturated carbocycles. The number of hydrogen-bond donors (Lipinski definition) is 1. The summed E-state index contributed by atoms with van der Waals surface area (Å²) in [6.07, 6.45) is 3.05. The molecule has 0 radical (unpaired) electrons. The van der Waals surface area contributed by atoms with Crippen molar-refractivity contribution in [1.29, 1.82) is 0 Å². The maximum absolute atomic E-state index is 14.1. The monoisotopic (exact) mass is 583 g/mol. The average molecular weight is 584 g/mol. The minimum atomic E-state index is -3.83. The molecule has 2 amide bonds. The first-order valence-electron chi connectivity index (χ1n) is 13.4.